The van der Waals surface area contributed by atoms with Gasteiger partial charge < -0.3 is 5.73 Å². The van der Waals surface area contributed by atoms with E-state index < -0.39 is 17.4 Å². The van der Waals surface area contributed by atoms with Crippen LogP contribution in [0.15, 0.2) is 11.1 Å². The molecule has 0 saturated carbocycles. The van der Waals surface area contributed by atoms with Crippen LogP contribution in [0.25, 0.3) is 10.2 Å². The second-order valence-electron chi connectivity index (χ2n) is 5.93. The predicted molar refractivity (Wildman–Crippen MR) is 99.8 cm³/mol. The maximum absolute atomic E-state index is 12.6. The van der Waals surface area contributed by atoms with Crippen LogP contribution in [-0.4, -0.2) is 31.6 Å². The summed E-state index contributed by atoms with van der Waals surface area (Å²) >= 11 is 2.35. The largest absolute Gasteiger partial charge is 0.365 e. The number of hydrogen-bond acceptors (Lipinski definition) is 8. The summed E-state index contributed by atoms with van der Waals surface area (Å²) in [5.41, 5.74) is 5.40. The zero-order valence-corrected chi connectivity index (χ0v) is 15.9. The first-order valence-electron chi connectivity index (χ1n) is 7.69. The Kier molecular flexibility index (Phi) is 4.83. The van der Waals surface area contributed by atoms with Crippen LogP contribution >= 0.6 is 22.7 Å². The lowest BCUT2D eigenvalue weighted by Crippen LogP contribution is -2.28. The van der Waals surface area contributed by atoms with Gasteiger partial charge in [0.05, 0.1) is 16.6 Å². The quantitative estimate of drug-likeness (QED) is 0.676. The molecule has 0 radical (unpaired) electrons. The van der Waals surface area contributed by atoms with Crippen molar-refractivity contribution >= 4 is 49.8 Å². The number of nitrogens with one attached hydrogen (secondary N) is 1. The monoisotopic (exact) mass is 392 g/mol. The van der Waals surface area contributed by atoms with Gasteiger partial charge in [-0.15, -0.1) is 21.5 Å². The first kappa shape index (κ1) is 18.1. The molecule has 0 bridgehead atoms. The van der Waals surface area contributed by atoms with Crippen molar-refractivity contribution in [2.24, 2.45) is 5.73 Å². The molecule has 0 aliphatic heterocycles. The van der Waals surface area contributed by atoms with Gasteiger partial charge in [-0.1, -0.05) is 25.2 Å². The van der Waals surface area contributed by atoms with Crippen LogP contribution < -0.4 is 16.6 Å². The summed E-state index contributed by atoms with van der Waals surface area (Å²) in [5.74, 6) is -0.803. The number of thiophene rings is 1. The highest BCUT2D eigenvalue weighted by Gasteiger charge is 2.18. The van der Waals surface area contributed by atoms with Gasteiger partial charge >= 0.3 is 0 Å². The number of rotatable bonds is 5. The van der Waals surface area contributed by atoms with E-state index in [9.17, 15) is 14.4 Å². The molecule has 0 unspecified atom stereocenters. The Labute approximate surface area is 155 Å². The number of carbonyl (C=O) groups excluding carboxylic acids is 2. The summed E-state index contributed by atoms with van der Waals surface area (Å²) in [7, 11) is 0. The maximum atomic E-state index is 12.6. The Morgan fingerprint density at radius 3 is 2.65 bits per heavy atom. The Hall–Kier alpha value is -2.66. The standard InChI is InChI=1S/C15H16N6O3S2/c1-6(2)12-19-20-15(26-12)18-8(22)4-21-5-17-13-9(14(21)24)7(3)10(25-13)11(16)23/h5-6H,4H2,1-3H3,(H2,16,23)(H,18,20,22). The minimum absolute atomic E-state index is 0.216. The summed E-state index contributed by atoms with van der Waals surface area (Å²) in [6.45, 7) is 5.38. The van der Waals surface area contributed by atoms with Gasteiger partial charge in [0, 0.05) is 5.92 Å². The Morgan fingerprint density at radius 1 is 1.31 bits per heavy atom. The van der Waals surface area contributed by atoms with Crippen molar-refractivity contribution in [3.63, 3.8) is 0 Å². The predicted octanol–water partition coefficient (Wildman–Crippen LogP) is 1.48. The number of primary amides is 1. The first-order chi connectivity index (χ1) is 12.3. The Morgan fingerprint density at radius 2 is 2.04 bits per heavy atom. The molecule has 3 N–H and O–H groups in total. The third-order valence-corrected chi connectivity index (χ3v) is 5.99. The molecule has 136 valence electrons. The summed E-state index contributed by atoms with van der Waals surface area (Å²) in [6, 6.07) is 0. The molecular formula is C15H16N6O3S2. The summed E-state index contributed by atoms with van der Waals surface area (Å²) in [4.78, 5) is 41.2. The average molecular weight is 392 g/mol. The van der Waals surface area contributed by atoms with Crippen molar-refractivity contribution in [1.82, 2.24) is 19.7 Å². The molecule has 0 saturated heterocycles. The van der Waals surface area contributed by atoms with Crippen molar-refractivity contribution in [2.75, 3.05) is 5.32 Å². The number of carbonyl (C=O) groups is 2. The zero-order chi connectivity index (χ0) is 19.0. The fraction of sp³-hybridized carbons (Fsp3) is 0.333. The van der Waals surface area contributed by atoms with Gasteiger partial charge in [0.2, 0.25) is 11.0 Å². The highest BCUT2D eigenvalue weighted by molar-refractivity contribution is 7.20. The zero-order valence-electron chi connectivity index (χ0n) is 14.3. The normalized spacial score (nSPS) is 11.2. The molecule has 26 heavy (non-hydrogen) atoms. The van der Waals surface area contributed by atoms with Gasteiger partial charge in [-0.05, 0) is 12.5 Å². The van der Waals surface area contributed by atoms with E-state index in [1.165, 1.54) is 22.2 Å². The van der Waals surface area contributed by atoms with Crippen LogP contribution in [0.3, 0.4) is 0 Å². The Bertz CT molecular complexity index is 1070. The van der Waals surface area contributed by atoms with Gasteiger partial charge in [-0.3, -0.25) is 24.3 Å². The summed E-state index contributed by atoms with van der Waals surface area (Å²) in [5, 5.41) is 12.0. The number of nitrogens with two attached hydrogens (primary N) is 1. The third kappa shape index (κ3) is 3.35. The van der Waals surface area contributed by atoms with Gasteiger partial charge in [0.1, 0.15) is 16.4 Å². The molecule has 3 rings (SSSR count). The maximum Gasteiger partial charge on any atom is 0.262 e. The van der Waals surface area contributed by atoms with E-state index in [1.54, 1.807) is 6.92 Å². The van der Waals surface area contributed by atoms with Gasteiger partial charge in [-0.25, -0.2) is 4.98 Å². The van der Waals surface area contributed by atoms with Crippen LogP contribution in [0.2, 0.25) is 0 Å². The van der Waals surface area contributed by atoms with Crippen molar-refractivity contribution in [2.45, 2.75) is 33.2 Å². The second-order valence-corrected chi connectivity index (χ2v) is 7.93. The minimum atomic E-state index is -0.605. The van der Waals surface area contributed by atoms with Crippen LogP contribution in [0.5, 0.6) is 0 Å². The second kappa shape index (κ2) is 6.92. The number of aromatic nitrogens is 4. The fourth-order valence-corrected chi connectivity index (χ4v) is 4.09. The lowest BCUT2D eigenvalue weighted by atomic mass is 10.2. The molecule has 9 nitrogen and oxygen atoms in total. The van der Waals surface area contributed by atoms with Crippen molar-refractivity contribution in [1.29, 1.82) is 0 Å². The van der Waals surface area contributed by atoms with Crippen LogP contribution in [0, 0.1) is 6.92 Å². The molecule has 0 fully saturated rings. The molecule has 0 aromatic carbocycles. The van der Waals surface area contributed by atoms with E-state index in [-0.39, 0.29) is 12.5 Å². The highest BCUT2D eigenvalue weighted by atomic mass is 32.1. The highest BCUT2D eigenvalue weighted by Crippen LogP contribution is 2.26. The molecule has 2 amide bonds. The van der Waals surface area contributed by atoms with E-state index in [0.29, 0.717) is 25.8 Å². The lowest BCUT2D eigenvalue weighted by molar-refractivity contribution is -0.116. The number of hydrogen-bond donors (Lipinski definition) is 2. The van der Waals surface area contributed by atoms with E-state index in [2.05, 4.69) is 20.5 Å². The van der Waals surface area contributed by atoms with E-state index in [4.69, 9.17) is 5.73 Å². The number of aryl methyl sites for hydroxylation is 1. The van der Waals surface area contributed by atoms with Crippen molar-refractivity contribution in [3.8, 4) is 0 Å². The van der Waals surface area contributed by atoms with Crippen LogP contribution in [0.1, 0.15) is 40.0 Å². The van der Waals surface area contributed by atoms with Crippen LogP contribution in [-0.2, 0) is 11.3 Å². The molecule has 3 aromatic rings. The van der Waals surface area contributed by atoms with E-state index in [0.717, 1.165) is 16.3 Å². The number of amides is 2. The molecule has 11 heteroatoms. The summed E-state index contributed by atoms with van der Waals surface area (Å²) in [6.07, 6.45) is 1.28. The van der Waals surface area contributed by atoms with E-state index >= 15 is 0 Å². The van der Waals surface area contributed by atoms with Crippen molar-refractivity contribution < 1.29 is 9.59 Å². The molecule has 3 aromatic heterocycles. The molecule has 0 aliphatic rings. The van der Waals surface area contributed by atoms with E-state index in [1.807, 2.05) is 13.8 Å². The molecule has 0 spiro atoms. The van der Waals surface area contributed by atoms with Gasteiger partial charge in [0.25, 0.3) is 11.5 Å². The fourth-order valence-electron chi connectivity index (χ4n) is 2.34. The molecule has 0 aliphatic carbocycles. The summed E-state index contributed by atoms with van der Waals surface area (Å²) < 4.78 is 1.19. The number of fused-ring (bicyclic) bond motifs is 1. The molecule has 3 heterocycles. The lowest BCUT2D eigenvalue weighted by Gasteiger charge is -2.05. The molecular weight excluding hydrogens is 376 g/mol. The van der Waals surface area contributed by atoms with Gasteiger partial charge in [0.15, 0.2) is 0 Å². The average Bonchev–Trinajstić information content (AvgIpc) is 3.15. The first-order valence-corrected chi connectivity index (χ1v) is 9.32. The van der Waals surface area contributed by atoms with Gasteiger partial charge in [-0.2, -0.15) is 0 Å². The third-order valence-electron chi connectivity index (χ3n) is 3.64. The smallest absolute Gasteiger partial charge is 0.262 e. The minimum Gasteiger partial charge on any atom is -0.365 e. The Balaban J connectivity index is 1.85. The SMILES string of the molecule is Cc1c(C(N)=O)sc2ncn(CC(=O)Nc3nnc(C(C)C)s3)c(=O)c12. The van der Waals surface area contributed by atoms with Crippen LogP contribution in [0.4, 0.5) is 5.13 Å². The molecule has 0 atom stereocenters. The number of nitrogens with zero attached hydrogens (tertiary/aromatic N) is 4. The topological polar surface area (TPSA) is 133 Å². The number of anilines is 1. The van der Waals surface area contributed by atoms with Crippen molar-refractivity contribution in [3.05, 3.63) is 32.1 Å².